The average molecular weight is 389 g/mol. The molecule has 3 aromatic rings. The van der Waals surface area contributed by atoms with Gasteiger partial charge in [0.05, 0.1) is 5.69 Å². The molecule has 1 aromatic carbocycles. The quantitative estimate of drug-likeness (QED) is 0.637. The molecule has 0 saturated carbocycles. The van der Waals surface area contributed by atoms with Gasteiger partial charge in [0.25, 0.3) is 0 Å². The predicted octanol–water partition coefficient (Wildman–Crippen LogP) is 3.59. The third kappa shape index (κ3) is 3.95. The Balaban J connectivity index is 2.09. The minimum absolute atomic E-state index is 0.177. The van der Waals surface area contributed by atoms with Crippen LogP contribution in [0, 0.1) is 0 Å². The molecule has 0 spiro atoms. The summed E-state index contributed by atoms with van der Waals surface area (Å²) in [6.07, 6.45) is 0. The molecule has 0 aliphatic heterocycles. The van der Waals surface area contributed by atoms with E-state index in [-0.39, 0.29) is 17.2 Å². The standard InChI is InChI=1S/C18H21ClN6O2/c1-9(26)20-12-6-11(7-13(8-12)21-10(2)27)16-22-17-14(19)15(18(3,4)5)23-25(17)24-16/h6-8,23H,1-5H3,(H,20,26)(H,21,27). The van der Waals surface area contributed by atoms with Crippen molar-refractivity contribution in [3.05, 3.63) is 28.9 Å². The van der Waals surface area contributed by atoms with E-state index in [1.165, 1.54) is 18.5 Å². The summed E-state index contributed by atoms with van der Waals surface area (Å²) in [5.74, 6) is -0.0187. The molecular weight excluding hydrogens is 368 g/mol. The molecule has 2 heterocycles. The molecule has 0 saturated heterocycles. The number of anilines is 2. The zero-order valence-electron chi connectivity index (χ0n) is 15.8. The van der Waals surface area contributed by atoms with Crippen molar-refractivity contribution in [1.82, 2.24) is 19.8 Å². The second-order valence-electron chi connectivity index (χ2n) is 7.38. The molecule has 0 aliphatic rings. The van der Waals surface area contributed by atoms with E-state index in [0.717, 1.165) is 5.69 Å². The van der Waals surface area contributed by atoms with Gasteiger partial charge in [-0.1, -0.05) is 32.4 Å². The monoisotopic (exact) mass is 388 g/mol. The SMILES string of the molecule is CC(=O)Nc1cc(NC(C)=O)cc(-c2nc3c(Cl)c(C(C)(C)C)[nH]n3n2)c1. The molecule has 0 unspecified atom stereocenters. The third-order valence-electron chi connectivity index (χ3n) is 3.82. The number of carbonyl (C=O) groups is 2. The Labute approximate surface area is 161 Å². The maximum atomic E-state index is 11.4. The summed E-state index contributed by atoms with van der Waals surface area (Å²) in [5.41, 5.74) is 2.88. The first kappa shape index (κ1) is 18.9. The first-order valence-electron chi connectivity index (χ1n) is 8.40. The van der Waals surface area contributed by atoms with Crippen LogP contribution in [0.15, 0.2) is 18.2 Å². The number of carbonyl (C=O) groups excluding carboxylic acids is 2. The van der Waals surface area contributed by atoms with Crippen molar-refractivity contribution < 1.29 is 9.59 Å². The molecule has 0 radical (unpaired) electrons. The Morgan fingerprint density at radius 2 is 1.63 bits per heavy atom. The van der Waals surface area contributed by atoms with Gasteiger partial charge in [0.15, 0.2) is 11.5 Å². The summed E-state index contributed by atoms with van der Waals surface area (Å²) in [7, 11) is 0. The molecule has 9 heteroatoms. The Morgan fingerprint density at radius 3 is 2.07 bits per heavy atom. The van der Waals surface area contributed by atoms with E-state index in [4.69, 9.17) is 11.6 Å². The van der Waals surface area contributed by atoms with Gasteiger partial charge in [-0.05, 0) is 18.2 Å². The maximum absolute atomic E-state index is 11.4. The zero-order valence-corrected chi connectivity index (χ0v) is 16.5. The molecular formula is C18H21ClN6O2. The third-order valence-corrected chi connectivity index (χ3v) is 4.18. The molecule has 3 rings (SSSR count). The molecule has 27 heavy (non-hydrogen) atoms. The van der Waals surface area contributed by atoms with Crippen LogP contribution < -0.4 is 10.6 Å². The van der Waals surface area contributed by atoms with E-state index in [2.05, 4.69) is 25.8 Å². The fourth-order valence-corrected chi connectivity index (χ4v) is 3.17. The smallest absolute Gasteiger partial charge is 0.221 e. The predicted molar refractivity (Wildman–Crippen MR) is 105 cm³/mol. The van der Waals surface area contributed by atoms with Gasteiger partial charge >= 0.3 is 0 Å². The summed E-state index contributed by atoms with van der Waals surface area (Å²) >= 11 is 6.47. The van der Waals surface area contributed by atoms with Gasteiger partial charge < -0.3 is 10.6 Å². The molecule has 0 fully saturated rings. The minimum atomic E-state index is -0.219. The van der Waals surface area contributed by atoms with Gasteiger partial charge in [-0.15, -0.1) is 5.10 Å². The summed E-state index contributed by atoms with van der Waals surface area (Å²) in [6, 6.07) is 5.14. The number of hydrogen-bond donors (Lipinski definition) is 3. The Bertz CT molecular complexity index is 1010. The highest BCUT2D eigenvalue weighted by atomic mass is 35.5. The van der Waals surface area contributed by atoms with Crippen molar-refractivity contribution in [3.8, 4) is 11.4 Å². The number of hydrogen-bond acceptors (Lipinski definition) is 4. The van der Waals surface area contributed by atoms with Gasteiger partial charge in [0.1, 0.15) is 5.02 Å². The highest BCUT2D eigenvalue weighted by molar-refractivity contribution is 6.34. The lowest BCUT2D eigenvalue weighted by Gasteiger charge is -2.16. The molecule has 142 valence electrons. The van der Waals surface area contributed by atoms with Gasteiger partial charge in [0.2, 0.25) is 11.8 Å². The molecule has 2 aromatic heterocycles. The number of amides is 2. The van der Waals surface area contributed by atoms with Crippen molar-refractivity contribution in [1.29, 1.82) is 0 Å². The van der Waals surface area contributed by atoms with Gasteiger partial charge in [-0.25, -0.2) is 4.98 Å². The van der Waals surface area contributed by atoms with Crippen molar-refractivity contribution in [2.75, 3.05) is 10.6 Å². The van der Waals surface area contributed by atoms with E-state index in [1.54, 1.807) is 18.2 Å². The van der Waals surface area contributed by atoms with Gasteiger partial charge in [-0.3, -0.25) is 14.7 Å². The number of halogens is 1. The first-order valence-corrected chi connectivity index (χ1v) is 8.78. The van der Waals surface area contributed by atoms with Crippen molar-refractivity contribution in [2.45, 2.75) is 40.0 Å². The van der Waals surface area contributed by atoms with E-state index < -0.39 is 0 Å². The zero-order chi connectivity index (χ0) is 19.9. The molecule has 0 aliphatic carbocycles. The average Bonchev–Trinajstić information content (AvgIpc) is 3.05. The Morgan fingerprint density at radius 1 is 1.07 bits per heavy atom. The fraction of sp³-hybridized carbons (Fsp3) is 0.333. The highest BCUT2D eigenvalue weighted by Crippen LogP contribution is 2.32. The number of aromatic amines is 1. The molecule has 2 amide bonds. The summed E-state index contributed by atoms with van der Waals surface area (Å²) < 4.78 is 1.53. The second kappa shape index (κ2) is 6.70. The van der Waals surface area contributed by atoms with Crippen LogP contribution >= 0.6 is 11.6 Å². The second-order valence-corrected chi connectivity index (χ2v) is 7.76. The first-order chi connectivity index (χ1) is 12.5. The number of nitrogens with zero attached hydrogens (tertiary/aromatic N) is 3. The van der Waals surface area contributed by atoms with Crippen LogP contribution in [0.1, 0.15) is 40.3 Å². The molecule has 0 atom stereocenters. The van der Waals surface area contributed by atoms with Crippen LogP contribution in [0.4, 0.5) is 11.4 Å². The normalized spacial score (nSPS) is 11.6. The van der Waals surface area contributed by atoms with Crippen LogP contribution in [-0.4, -0.2) is 31.6 Å². The van der Waals surface area contributed by atoms with E-state index >= 15 is 0 Å². The summed E-state index contributed by atoms with van der Waals surface area (Å²) in [4.78, 5) is 27.3. The molecule has 8 nitrogen and oxygen atoms in total. The van der Waals surface area contributed by atoms with Gasteiger partial charge in [-0.2, -0.15) is 4.63 Å². The number of fused-ring (bicyclic) bond motifs is 1. The lowest BCUT2D eigenvalue weighted by Crippen LogP contribution is -2.13. The van der Waals surface area contributed by atoms with E-state index in [0.29, 0.717) is 33.4 Å². The number of aromatic nitrogens is 4. The van der Waals surface area contributed by atoms with Crippen molar-refractivity contribution in [3.63, 3.8) is 0 Å². The maximum Gasteiger partial charge on any atom is 0.221 e. The van der Waals surface area contributed by atoms with Crippen LogP contribution in [0.25, 0.3) is 17.0 Å². The number of benzene rings is 1. The summed E-state index contributed by atoms with van der Waals surface area (Å²) in [5, 5.41) is 13.6. The fourth-order valence-electron chi connectivity index (χ4n) is 2.73. The van der Waals surface area contributed by atoms with Crippen molar-refractivity contribution in [2.24, 2.45) is 0 Å². The lowest BCUT2D eigenvalue weighted by molar-refractivity contribution is -0.115. The van der Waals surface area contributed by atoms with Gasteiger partial charge in [0, 0.05) is 36.2 Å². The lowest BCUT2D eigenvalue weighted by atomic mass is 9.92. The summed E-state index contributed by atoms with van der Waals surface area (Å²) in [6.45, 7) is 8.96. The topological polar surface area (TPSA) is 104 Å². The Hall–Kier alpha value is -2.87. The number of rotatable bonds is 3. The van der Waals surface area contributed by atoms with Crippen LogP contribution in [0.2, 0.25) is 5.02 Å². The van der Waals surface area contributed by atoms with E-state index in [1.807, 2.05) is 20.8 Å². The van der Waals surface area contributed by atoms with E-state index in [9.17, 15) is 9.59 Å². The molecule has 0 bridgehead atoms. The van der Waals surface area contributed by atoms with Crippen molar-refractivity contribution >= 4 is 40.4 Å². The number of nitrogens with one attached hydrogen (secondary N) is 3. The molecule has 3 N–H and O–H groups in total. The number of H-pyrrole nitrogens is 1. The van der Waals surface area contributed by atoms with Crippen LogP contribution in [0.5, 0.6) is 0 Å². The Kier molecular flexibility index (Phi) is 4.69. The minimum Gasteiger partial charge on any atom is -0.326 e. The largest absolute Gasteiger partial charge is 0.326 e. The van der Waals surface area contributed by atoms with Crippen LogP contribution in [-0.2, 0) is 15.0 Å². The highest BCUT2D eigenvalue weighted by Gasteiger charge is 2.24. The van der Waals surface area contributed by atoms with Crippen LogP contribution in [0.3, 0.4) is 0 Å².